The van der Waals surface area contributed by atoms with Gasteiger partial charge in [0, 0.05) is 12.6 Å². The van der Waals surface area contributed by atoms with Crippen LogP contribution in [-0.2, 0) is 12.7 Å². The zero-order valence-corrected chi connectivity index (χ0v) is 10.5. The fourth-order valence-corrected chi connectivity index (χ4v) is 2.42. The van der Waals surface area contributed by atoms with Gasteiger partial charge < -0.3 is 5.32 Å². The molecular formula is C14H18F3N. The van der Waals surface area contributed by atoms with Gasteiger partial charge in [-0.1, -0.05) is 18.9 Å². The Labute approximate surface area is 105 Å². The fourth-order valence-electron chi connectivity index (χ4n) is 2.42. The van der Waals surface area contributed by atoms with Crippen molar-refractivity contribution in [2.75, 3.05) is 0 Å². The highest BCUT2D eigenvalue weighted by atomic mass is 19.4. The predicted octanol–water partition coefficient (Wildman–Crippen LogP) is 4.05. The minimum atomic E-state index is -4.25. The summed E-state index contributed by atoms with van der Waals surface area (Å²) in [4.78, 5) is 0. The predicted molar refractivity (Wildman–Crippen MR) is 65.3 cm³/mol. The number of hydrogen-bond donors (Lipinski definition) is 1. The molecule has 0 spiro atoms. The molecule has 1 saturated carbocycles. The quantitative estimate of drug-likeness (QED) is 0.861. The van der Waals surface area contributed by atoms with Crippen LogP contribution in [0.5, 0.6) is 0 Å². The number of halogens is 3. The molecule has 0 aliphatic heterocycles. The SMILES string of the molecule is Cc1ccc(C(F)(F)F)cc1CNC1CCCC1. The highest BCUT2D eigenvalue weighted by molar-refractivity contribution is 5.32. The molecular weight excluding hydrogens is 239 g/mol. The second-order valence-corrected chi connectivity index (χ2v) is 5.00. The third-order valence-electron chi connectivity index (χ3n) is 3.61. The van der Waals surface area contributed by atoms with Gasteiger partial charge in [-0.15, -0.1) is 0 Å². The van der Waals surface area contributed by atoms with Gasteiger partial charge in [-0.05, 0) is 43.0 Å². The van der Waals surface area contributed by atoms with Crippen LogP contribution in [0.1, 0.15) is 42.4 Å². The fraction of sp³-hybridized carbons (Fsp3) is 0.571. The molecule has 2 rings (SSSR count). The van der Waals surface area contributed by atoms with E-state index in [1.165, 1.54) is 18.9 Å². The van der Waals surface area contributed by atoms with Crippen LogP contribution in [-0.4, -0.2) is 6.04 Å². The number of rotatable bonds is 3. The van der Waals surface area contributed by atoms with Gasteiger partial charge in [-0.3, -0.25) is 0 Å². The lowest BCUT2D eigenvalue weighted by Crippen LogP contribution is -2.25. The van der Waals surface area contributed by atoms with E-state index in [0.29, 0.717) is 12.6 Å². The summed E-state index contributed by atoms with van der Waals surface area (Å²) in [6.07, 6.45) is 0.463. The van der Waals surface area contributed by atoms with E-state index in [-0.39, 0.29) is 0 Å². The summed E-state index contributed by atoms with van der Waals surface area (Å²) in [6.45, 7) is 2.38. The molecule has 100 valence electrons. The van der Waals surface area contributed by atoms with Crippen LogP contribution in [0.25, 0.3) is 0 Å². The highest BCUT2D eigenvalue weighted by Crippen LogP contribution is 2.30. The van der Waals surface area contributed by atoms with E-state index in [4.69, 9.17) is 0 Å². The second kappa shape index (κ2) is 5.31. The van der Waals surface area contributed by atoms with Crippen molar-refractivity contribution in [1.82, 2.24) is 5.32 Å². The van der Waals surface area contributed by atoms with Crippen molar-refractivity contribution in [1.29, 1.82) is 0 Å². The van der Waals surface area contributed by atoms with Gasteiger partial charge in [-0.25, -0.2) is 0 Å². The lowest BCUT2D eigenvalue weighted by Gasteiger charge is -2.15. The van der Waals surface area contributed by atoms with E-state index >= 15 is 0 Å². The summed E-state index contributed by atoms with van der Waals surface area (Å²) in [5.41, 5.74) is 1.10. The molecule has 18 heavy (non-hydrogen) atoms. The highest BCUT2D eigenvalue weighted by Gasteiger charge is 2.30. The molecule has 1 aliphatic rings. The van der Waals surface area contributed by atoms with Gasteiger partial charge in [0.05, 0.1) is 5.56 Å². The van der Waals surface area contributed by atoms with Crippen molar-refractivity contribution < 1.29 is 13.2 Å². The average molecular weight is 257 g/mol. The summed E-state index contributed by atoms with van der Waals surface area (Å²) in [5.74, 6) is 0. The minimum Gasteiger partial charge on any atom is -0.310 e. The van der Waals surface area contributed by atoms with Crippen molar-refractivity contribution in [3.8, 4) is 0 Å². The van der Waals surface area contributed by atoms with E-state index in [1.807, 2.05) is 6.92 Å². The third kappa shape index (κ3) is 3.25. The maximum atomic E-state index is 12.6. The Morgan fingerprint density at radius 3 is 2.50 bits per heavy atom. The normalized spacial score (nSPS) is 17.3. The van der Waals surface area contributed by atoms with E-state index in [9.17, 15) is 13.2 Å². The van der Waals surface area contributed by atoms with Crippen molar-refractivity contribution in [3.63, 3.8) is 0 Å². The lowest BCUT2D eigenvalue weighted by molar-refractivity contribution is -0.137. The molecule has 0 radical (unpaired) electrons. The monoisotopic (exact) mass is 257 g/mol. The minimum absolute atomic E-state index is 0.471. The summed E-state index contributed by atoms with van der Waals surface area (Å²) < 4.78 is 37.9. The Morgan fingerprint density at radius 2 is 1.89 bits per heavy atom. The van der Waals surface area contributed by atoms with Crippen LogP contribution in [0.2, 0.25) is 0 Å². The Balaban J connectivity index is 2.06. The number of hydrogen-bond acceptors (Lipinski definition) is 1. The summed E-state index contributed by atoms with van der Waals surface area (Å²) >= 11 is 0. The van der Waals surface area contributed by atoms with Crippen LogP contribution in [0.3, 0.4) is 0 Å². The first-order valence-corrected chi connectivity index (χ1v) is 6.37. The average Bonchev–Trinajstić information content (AvgIpc) is 2.79. The number of nitrogens with one attached hydrogen (secondary N) is 1. The Hall–Kier alpha value is -1.03. The largest absolute Gasteiger partial charge is 0.416 e. The van der Waals surface area contributed by atoms with Gasteiger partial charge in [0.1, 0.15) is 0 Å². The standard InChI is InChI=1S/C14H18F3N/c1-10-6-7-12(14(15,16)17)8-11(10)9-18-13-4-2-3-5-13/h6-8,13,18H,2-5,9H2,1H3. The molecule has 1 aromatic rings. The molecule has 0 atom stereocenters. The van der Waals surface area contributed by atoms with Crippen molar-refractivity contribution in [3.05, 3.63) is 34.9 Å². The van der Waals surface area contributed by atoms with E-state index < -0.39 is 11.7 Å². The first kappa shape index (κ1) is 13.4. The molecule has 1 N–H and O–H groups in total. The van der Waals surface area contributed by atoms with Crippen LogP contribution in [0.4, 0.5) is 13.2 Å². The molecule has 0 heterocycles. The van der Waals surface area contributed by atoms with E-state index in [1.54, 1.807) is 6.07 Å². The zero-order valence-electron chi connectivity index (χ0n) is 10.5. The Kier molecular flexibility index (Phi) is 3.95. The first-order valence-electron chi connectivity index (χ1n) is 6.37. The molecule has 1 nitrogen and oxygen atoms in total. The maximum Gasteiger partial charge on any atom is 0.416 e. The topological polar surface area (TPSA) is 12.0 Å². The van der Waals surface area contributed by atoms with Gasteiger partial charge in [0.25, 0.3) is 0 Å². The summed E-state index contributed by atoms with van der Waals surface area (Å²) in [7, 11) is 0. The van der Waals surface area contributed by atoms with Crippen LogP contribution in [0, 0.1) is 6.92 Å². The number of aryl methyl sites for hydroxylation is 1. The molecule has 0 bridgehead atoms. The van der Waals surface area contributed by atoms with E-state index in [2.05, 4.69) is 5.32 Å². The van der Waals surface area contributed by atoms with Crippen molar-refractivity contribution in [2.45, 2.75) is 51.4 Å². The Morgan fingerprint density at radius 1 is 1.22 bits per heavy atom. The number of alkyl halides is 3. The molecule has 0 amide bonds. The molecule has 1 aliphatic carbocycles. The van der Waals surface area contributed by atoms with Crippen LogP contribution < -0.4 is 5.32 Å². The molecule has 0 aromatic heterocycles. The molecule has 0 unspecified atom stereocenters. The van der Waals surface area contributed by atoms with Crippen LogP contribution in [0.15, 0.2) is 18.2 Å². The van der Waals surface area contributed by atoms with Crippen molar-refractivity contribution >= 4 is 0 Å². The molecule has 1 aromatic carbocycles. The lowest BCUT2D eigenvalue weighted by atomic mass is 10.0. The van der Waals surface area contributed by atoms with Crippen molar-refractivity contribution in [2.24, 2.45) is 0 Å². The summed E-state index contributed by atoms with van der Waals surface area (Å²) in [5, 5.41) is 3.35. The summed E-state index contributed by atoms with van der Waals surface area (Å²) in [6, 6.07) is 4.43. The zero-order chi connectivity index (χ0) is 13.2. The second-order valence-electron chi connectivity index (χ2n) is 5.00. The molecule has 0 saturated heterocycles. The third-order valence-corrected chi connectivity index (χ3v) is 3.61. The van der Waals surface area contributed by atoms with E-state index in [0.717, 1.165) is 30.0 Å². The maximum absolute atomic E-state index is 12.6. The first-order chi connectivity index (χ1) is 8.47. The van der Waals surface area contributed by atoms with Crippen LogP contribution >= 0.6 is 0 Å². The van der Waals surface area contributed by atoms with Gasteiger partial charge in [0.15, 0.2) is 0 Å². The Bertz CT molecular complexity index is 406. The smallest absolute Gasteiger partial charge is 0.310 e. The van der Waals surface area contributed by atoms with Gasteiger partial charge in [0.2, 0.25) is 0 Å². The molecule has 4 heteroatoms. The number of benzene rings is 1. The van der Waals surface area contributed by atoms with Gasteiger partial charge in [-0.2, -0.15) is 13.2 Å². The molecule has 1 fully saturated rings. The van der Waals surface area contributed by atoms with Gasteiger partial charge >= 0.3 is 6.18 Å².